The quantitative estimate of drug-likeness (QED) is 0.390. The van der Waals surface area contributed by atoms with Crippen LogP contribution in [0.5, 0.6) is 11.5 Å². The molecule has 4 aromatic carbocycles. The van der Waals surface area contributed by atoms with Gasteiger partial charge < -0.3 is 20.1 Å². The molecule has 2 N–H and O–H groups in total. The largest absolute Gasteiger partial charge is 0.485 e. The number of anilines is 1. The predicted octanol–water partition coefficient (Wildman–Crippen LogP) is 5.70. The number of para-hydroxylation sites is 1. The Labute approximate surface area is 193 Å². The van der Waals surface area contributed by atoms with Crippen LogP contribution in [0.4, 0.5) is 5.69 Å². The van der Waals surface area contributed by atoms with Crippen molar-refractivity contribution >= 4 is 11.6 Å². The van der Waals surface area contributed by atoms with Gasteiger partial charge in [0, 0.05) is 5.69 Å². The van der Waals surface area contributed by atoms with Crippen LogP contribution in [0.2, 0.25) is 0 Å². The van der Waals surface area contributed by atoms with Crippen LogP contribution in [0.1, 0.15) is 33.2 Å². The Morgan fingerprint density at radius 3 is 1.94 bits per heavy atom. The van der Waals surface area contributed by atoms with E-state index < -0.39 is 0 Å². The molecule has 5 rings (SSSR count). The first-order chi connectivity index (χ1) is 16.3. The van der Waals surface area contributed by atoms with E-state index in [1.165, 1.54) is 0 Å². The maximum Gasteiger partial charge on any atom is 0.255 e. The maximum atomic E-state index is 12.6. The second kappa shape index (κ2) is 9.49. The van der Waals surface area contributed by atoms with E-state index in [0.29, 0.717) is 30.3 Å². The number of benzene rings is 4. The van der Waals surface area contributed by atoms with Gasteiger partial charge in [-0.25, -0.2) is 0 Å². The molecule has 5 heteroatoms. The zero-order valence-corrected chi connectivity index (χ0v) is 18.0. The third kappa shape index (κ3) is 4.83. The van der Waals surface area contributed by atoms with Crippen molar-refractivity contribution in [1.82, 2.24) is 5.32 Å². The molecule has 1 heterocycles. The van der Waals surface area contributed by atoms with Crippen LogP contribution in [0.3, 0.4) is 0 Å². The summed E-state index contributed by atoms with van der Waals surface area (Å²) in [5.74, 6) is 1.17. The molecule has 0 saturated heterocycles. The average Bonchev–Trinajstić information content (AvgIpc) is 2.87. The Kier molecular flexibility index (Phi) is 5.93. The van der Waals surface area contributed by atoms with Crippen molar-refractivity contribution in [2.75, 3.05) is 5.32 Å². The van der Waals surface area contributed by atoms with E-state index in [1.54, 1.807) is 0 Å². The van der Waals surface area contributed by atoms with E-state index in [0.717, 1.165) is 22.4 Å². The highest BCUT2D eigenvalue weighted by Gasteiger charge is 2.25. The molecule has 0 fully saturated rings. The van der Waals surface area contributed by atoms with Crippen molar-refractivity contribution in [2.45, 2.75) is 19.4 Å². The molecule has 0 saturated carbocycles. The Morgan fingerprint density at radius 2 is 1.24 bits per heavy atom. The molecule has 1 amide bonds. The molecule has 0 bridgehead atoms. The first kappa shape index (κ1) is 20.6. The minimum absolute atomic E-state index is 0.106. The first-order valence-corrected chi connectivity index (χ1v) is 10.9. The molecule has 0 aromatic heterocycles. The third-order valence-electron chi connectivity index (χ3n) is 5.52. The molecule has 0 unspecified atom stereocenters. The summed E-state index contributed by atoms with van der Waals surface area (Å²) in [6.07, 6.45) is -0.366. The highest BCUT2D eigenvalue weighted by atomic mass is 16.5. The number of fused-ring (bicyclic) bond motifs is 1. The molecule has 1 aliphatic rings. The van der Waals surface area contributed by atoms with Crippen molar-refractivity contribution in [2.24, 2.45) is 0 Å². The molecule has 0 aliphatic carbocycles. The number of hydrogen-bond acceptors (Lipinski definition) is 4. The summed E-state index contributed by atoms with van der Waals surface area (Å²) in [6.45, 7) is 0.854. The van der Waals surface area contributed by atoms with Crippen LogP contribution in [-0.4, -0.2) is 5.91 Å². The number of nitrogens with one attached hydrogen (secondary N) is 2. The lowest BCUT2D eigenvalue weighted by Crippen LogP contribution is -2.38. The van der Waals surface area contributed by atoms with Crippen molar-refractivity contribution in [1.29, 1.82) is 0 Å². The van der Waals surface area contributed by atoms with Gasteiger partial charge in [-0.05, 0) is 41.0 Å². The van der Waals surface area contributed by atoms with E-state index in [9.17, 15) is 4.79 Å². The second-order valence-corrected chi connectivity index (χ2v) is 7.85. The average molecular weight is 437 g/mol. The van der Waals surface area contributed by atoms with Gasteiger partial charge in [-0.15, -0.1) is 0 Å². The highest BCUT2D eigenvalue weighted by Crippen LogP contribution is 2.34. The lowest BCUT2D eigenvalue weighted by molar-refractivity contribution is 0.0935. The minimum atomic E-state index is -0.366. The molecule has 1 atom stereocenters. The van der Waals surface area contributed by atoms with E-state index in [2.05, 4.69) is 10.6 Å². The Balaban J connectivity index is 1.40. The maximum absolute atomic E-state index is 12.6. The zero-order chi connectivity index (χ0) is 22.5. The summed E-state index contributed by atoms with van der Waals surface area (Å²) in [5.41, 5.74) is 4.47. The molecular formula is C28H24N2O3. The number of amides is 1. The number of hydrogen-bond donors (Lipinski definition) is 2. The molecular weight excluding hydrogens is 412 g/mol. The summed E-state index contributed by atoms with van der Waals surface area (Å²) in [4.78, 5) is 12.6. The van der Waals surface area contributed by atoms with Gasteiger partial charge in [-0.2, -0.15) is 0 Å². The minimum Gasteiger partial charge on any atom is -0.485 e. The van der Waals surface area contributed by atoms with Crippen LogP contribution >= 0.6 is 0 Å². The monoisotopic (exact) mass is 436 g/mol. The van der Waals surface area contributed by atoms with E-state index in [-0.39, 0.29) is 12.1 Å². The summed E-state index contributed by atoms with van der Waals surface area (Å²) in [7, 11) is 0. The van der Waals surface area contributed by atoms with Gasteiger partial charge in [0.25, 0.3) is 5.91 Å². The molecule has 33 heavy (non-hydrogen) atoms. The lowest BCUT2D eigenvalue weighted by Gasteiger charge is -2.28. The van der Waals surface area contributed by atoms with Crippen LogP contribution < -0.4 is 20.1 Å². The fourth-order valence-electron chi connectivity index (χ4n) is 3.78. The van der Waals surface area contributed by atoms with E-state index in [1.807, 2.05) is 103 Å². The Morgan fingerprint density at radius 1 is 0.636 bits per heavy atom. The molecule has 0 spiro atoms. The molecule has 1 aliphatic heterocycles. The second-order valence-electron chi connectivity index (χ2n) is 7.85. The predicted molar refractivity (Wildman–Crippen MR) is 128 cm³/mol. The number of carbonyl (C=O) groups is 1. The summed E-state index contributed by atoms with van der Waals surface area (Å²) < 4.78 is 12.3. The van der Waals surface area contributed by atoms with Gasteiger partial charge in [-0.1, -0.05) is 78.9 Å². The first-order valence-electron chi connectivity index (χ1n) is 10.9. The normalized spacial score (nSPS) is 14.5. The van der Waals surface area contributed by atoms with Gasteiger partial charge in [0.2, 0.25) is 0 Å². The van der Waals surface area contributed by atoms with Crippen molar-refractivity contribution in [3.8, 4) is 11.5 Å². The lowest BCUT2D eigenvalue weighted by atomic mass is 10.1. The summed E-state index contributed by atoms with van der Waals surface area (Å²) in [5, 5.41) is 6.41. The standard InChI is InChI=1S/C28H24N2O3/c31-28-23-13-7-8-14-24(23)29-27(30-28)22-15-16-25(32-18-20-9-3-1-4-10-20)26(17-22)33-19-21-11-5-2-6-12-21/h1-17,27,29H,18-19H2,(H,30,31)/t27-/m0/s1. The Hall–Kier alpha value is -4.25. The van der Waals surface area contributed by atoms with Crippen molar-refractivity contribution in [3.63, 3.8) is 0 Å². The topological polar surface area (TPSA) is 59.6 Å². The zero-order valence-electron chi connectivity index (χ0n) is 18.0. The van der Waals surface area contributed by atoms with Gasteiger partial charge in [-0.3, -0.25) is 4.79 Å². The van der Waals surface area contributed by atoms with E-state index in [4.69, 9.17) is 9.47 Å². The molecule has 164 valence electrons. The van der Waals surface area contributed by atoms with Crippen molar-refractivity contribution in [3.05, 3.63) is 125 Å². The Bertz CT molecular complexity index is 1240. The molecule has 5 nitrogen and oxygen atoms in total. The SMILES string of the molecule is O=C1N[C@@H](c2ccc(OCc3ccccc3)c(OCc3ccccc3)c2)Nc2ccccc21. The summed E-state index contributed by atoms with van der Waals surface area (Å²) in [6, 6.07) is 33.3. The highest BCUT2D eigenvalue weighted by molar-refractivity contribution is 6.01. The summed E-state index contributed by atoms with van der Waals surface area (Å²) >= 11 is 0. The fourth-order valence-corrected chi connectivity index (χ4v) is 3.78. The van der Waals surface area contributed by atoms with Crippen LogP contribution in [0.15, 0.2) is 103 Å². The van der Waals surface area contributed by atoms with Crippen molar-refractivity contribution < 1.29 is 14.3 Å². The van der Waals surface area contributed by atoms with E-state index >= 15 is 0 Å². The number of rotatable bonds is 7. The number of carbonyl (C=O) groups excluding carboxylic acids is 1. The fraction of sp³-hybridized carbons (Fsp3) is 0.107. The van der Waals surface area contributed by atoms with Gasteiger partial charge in [0.05, 0.1) is 5.56 Å². The molecule has 0 radical (unpaired) electrons. The third-order valence-corrected chi connectivity index (χ3v) is 5.52. The van der Waals surface area contributed by atoms with Crippen LogP contribution in [0, 0.1) is 0 Å². The van der Waals surface area contributed by atoms with Crippen LogP contribution in [0.25, 0.3) is 0 Å². The molecule has 4 aromatic rings. The van der Waals surface area contributed by atoms with Gasteiger partial charge >= 0.3 is 0 Å². The van der Waals surface area contributed by atoms with Crippen LogP contribution in [-0.2, 0) is 13.2 Å². The van der Waals surface area contributed by atoms with Gasteiger partial charge in [0.15, 0.2) is 11.5 Å². The van der Waals surface area contributed by atoms with Gasteiger partial charge in [0.1, 0.15) is 19.4 Å². The smallest absolute Gasteiger partial charge is 0.255 e. The number of ether oxygens (including phenoxy) is 2.